The Morgan fingerprint density at radius 3 is 1.73 bits per heavy atom. The van der Waals surface area contributed by atoms with Crippen LogP contribution in [0, 0.1) is 12.2 Å². The molecule has 3 rings (SSSR count). The smallest absolute Gasteiger partial charge is 0.109 e. The molecule has 2 aliphatic carbocycles. The average molecular weight is 409 g/mol. The van der Waals surface area contributed by atoms with Crippen molar-refractivity contribution in [1.82, 2.24) is 0 Å². The third kappa shape index (κ3) is 12.1. The van der Waals surface area contributed by atoms with Crippen LogP contribution in [0.2, 0.25) is 0 Å². The van der Waals surface area contributed by atoms with E-state index in [2.05, 4.69) is 52.8 Å². The molecule has 0 N–H and O–H groups in total. The second-order valence-corrected chi connectivity index (χ2v) is 4.72. The Morgan fingerprint density at radius 2 is 1.45 bits per heavy atom. The van der Waals surface area contributed by atoms with E-state index in [4.69, 9.17) is 0 Å². The summed E-state index contributed by atoms with van der Waals surface area (Å²) in [7, 11) is 2.06. The summed E-state index contributed by atoms with van der Waals surface area (Å²) in [5.74, 6) is 0. The Morgan fingerprint density at radius 1 is 0.955 bits per heavy atom. The maximum Gasteiger partial charge on any atom is -0.109 e. The van der Waals surface area contributed by atoms with Crippen molar-refractivity contribution in [1.29, 1.82) is 0 Å². The summed E-state index contributed by atoms with van der Waals surface area (Å²) >= 11 is 1.43. The van der Waals surface area contributed by atoms with E-state index in [0.29, 0.717) is 0 Å². The van der Waals surface area contributed by atoms with E-state index in [0.717, 1.165) is 12.8 Å². The fourth-order valence-corrected chi connectivity index (χ4v) is 1.78. The van der Waals surface area contributed by atoms with Crippen LogP contribution < -0.4 is 29.6 Å². The van der Waals surface area contributed by atoms with Crippen molar-refractivity contribution in [3.63, 3.8) is 0 Å². The Bertz CT molecular complexity index is 457. The standard InChI is InChI=1S/C7H8BN.2C5H5.2ClH.Zr/c1-9(8)7-5-3-2-4-6-7;2*1-2-4-5-3-1;;;/h2-6H,1H3;2*1-3H,4H2;2*1H;/q;2*-1;;;+2/p-2. The molecule has 5 heteroatoms. The first-order chi connectivity index (χ1) is 9.84. The number of benzene rings is 1. The van der Waals surface area contributed by atoms with Crippen molar-refractivity contribution in [3.8, 4) is 0 Å². The molecule has 0 aromatic heterocycles. The number of rotatable bonds is 2. The minimum atomic E-state index is 0. The van der Waals surface area contributed by atoms with E-state index >= 15 is 0 Å². The molecule has 1 aromatic rings. The van der Waals surface area contributed by atoms with Gasteiger partial charge in [-0.05, 0) is 0 Å². The van der Waals surface area contributed by atoms with E-state index in [9.17, 15) is 0 Å². The zero-order chi connectivity index (χ0) is 14.5. The number of nitrogens with zero attached hydrogens (tertiary/aromatic N) is 1. The first-order valence-electron chi connectivity index (χ1n) is 6.56. The van der Waals surface area contributed by atoms with Gasteiger partial charge in [0, 0.05) is 0 Å². The molecule has 1 nitrogen and oxygen atoms in total. The zero-order valence-corrected chi connectivity index (χ0v) is 16.5. The largest absolute Gasteiger partial charge is 1.00 e. The van der Waals surface area contributed by atoms with E-state index < -0.39 is 0 Å². The number of hydrogen-bond acceptors (Lipinski definition) is 1. The van der Waals surface area contributed by atoms with Crippen LogP contribution >= 0.6 is 0 Å². The second kappa shape index (κ2) is 16.9. The monoisotopic (exact) mass is 407 g/mol. The third-order valence-corrected chi connectivity index (χ3v) is 3.48. The van der Waals surface area contributed by atoms with Gasteiger partial charge < -0.3 is 24.8 Å². The molecule has 0 saturated heterocycles. The van der Waals surface area contributed by atoms with Crippen molar-refractivity contribution >= 4 is 10.2 Å². The summed E-state index contributed by atoms with van der Waals surface area (Å²) < 4.78 is 2.13. The Hall–Kier alpha value is -0.492. The first-order valence-corrected chi connectivity index (χ1v) is 7.98. The maximum absolute atomic E-state index is 2.99. The summed E-state index contributed by atoms with van der Waals surface area (Å²) in [6, 6.07) is 10.3. The predicted molar refractivity (Wildman–Crippen MR) is 83.7 cm³/mol. The molecular formula is C17H18BCl2NZr-2. The Balaban J connectivity index is 0. The Kier molecular flexibility index (Phi) is 18.2. The number of allylic oxidation sites excluding steroid dienone is 8. The van der Waals surface area contributed by atoms with Gasteiger partial charge in [-0.3, -0.25) is 12.2 Å². The quantitative estimate of drug-likeness (QED) is 0.397. The number of halogens is 2. The molecule has 0 radical (unpaired) electrons. The third-order valence-electron chi connectivity index (χ3n) is 2.53. The minimum absolute atomic E-state index is 0. The molecule has 22 heavy (non-hydrogen) atoms. The number of hydrogen-bond donors (Lipinski definition) is 0. The average Bonchev–Trinajstić information content (AvgIpc) is 3.24. The first kappa shape index (κ1) is 23.8. The van der Waals surface area contributed by atoms with Gasteiger partial charge in [0.1, 0.15) is 0 Å². The van der Waals surface area contributed by atoms with E-state index in [1.165, 1.54) is 29.7 Å². The van der Waals surface area contributed by atoms with Crippen LogP contribution in [0.4, 0.5) is 5.69 Å². The topological polar surface area (TPSA) is 3.24 Å². The van der Waals surface area contributed by atoms with E-state index in [-0.39, 0.29) is 24.8 Å². The summed E-state index contributed by atoms with van der Waals surface area (Å²) in [6.45, 7) is 0. The van der Waals surface area contributed by atoms with Crippen LogP contribution in [0.1, 0.15) is 12.8 Å². The zero-order valence-electron chi connectivity index (χ0n) is 12.5. The number of para-hydroxylation sites is 1. The molecule has 0 spiro atoms. The predicted octanol–water partition coefficient (Wildman–Crippen LogP) is -2.18. The molecule has 114 valence electrons. The fraction of sp³-hybridized carbons (Fsp3) is 0.176. The molecule has 0 aliphatic heterocycles. The van der Waals surface area contributed by atoms with Gasteiger partial charge in [-0.25, -0.2) is 24.3 Å². The van der Waals surface area contributed by atoms with Crippen LogP contribution in [0.25, 0.3) is 0 Å². The summed E-state index contributed by atoms with van der Waals surface area (Å²) in [6.07, 6.45) is 20.0. The van der Waals surface area contributed by atoms with Gasteiger partial charge in [0.2, 0.25) is 0 Å². The normalized spacial score (nSPS) is 12.0. The molecule has 1 aromatic carbocycles. The second-order valence-electron chi connectivity index (χ2n) is 4.08. The molecule has 0 amide bonds. The van der Waals surface area contributed by atoms with Gasteiger partial charge in [-0.15, -0.1) is 12.8 Å². The van der Waals surface area contributed by atoms with Crippen LogP contribution in [-0.2, 0) is 24.0 Å². The number of anilines is 1. The molecule has 0 fully saturated rings. The van der Waals surface area contributed by atoms with Crippen LogP contribution in [0.15, 0.2) is 66.8 Å². The van der Waals surface area contributed by atoms with Crippen molar-refractivity contribution < 1.29 is 48.8 Å². The van der Waals surface area contributed by atoms with Crippen molar-refractivity contribution in [2.24, 2.45) is 0 Å². The molecule has 0 atom stereocenters. The van der Waals surface area contributed by atoms with Gasteiger partial charge >= 0.3 is 76.4 Å². The maximum atomic E-state index is 2.99. The minimum Gasteiger partial charge on any atom is -1.00 e. The van der Waals surface area contributed by atoms with Crippen molar-refractivity contribution in [3.05, 3.63) is 78.9 Å². The van der Waals surface area contributed by atoms with E-state index in [1.54, 1.807) is 0 Å². The van der Waals surface area contributed by atoms with Crippen LogP contribution in [-0.4, -0.2) is 11.6 Å². The fourth-order valence-electron chi connectivity index (χ4n) is 1.42. The molecule has 2 aliphatic rings. The summed E-state index contributed by atoms with van der Waals surface area (Å²) in [5, 5.41) is 0. The van der Waals surface area contributed by atoms with Gasteiger partial charge in [0.05, 0.1) is 0 Å². The van der Waals surface area contributed by atoms with Gasteiger partial charge in [-0.2, -0.15) is 12.2 Å². The van der Waals surface area contributed by atoms with Crippen LogP contribution in [0.3, 0.4) is 0 Å². The Labute approximate surface area is 161 Å². The van der Waals surface area contributed by atoms with E-state index in [1.807, 2.05) is 42.5 Å². The SMILES string of the molecule is CN([B]=[Zr+2])c1ccccc1.[C-]1=CC=CC1.[C-]1=CC=CC1.[Cl-].[Cl-]. The summed E-state index contributed by atoms with van der Waals surface area (Å²) in [5.41, 5.74) is 1.25. The van der Waals surface area contributed by atoms with Gasteiger partial charge in [0.15, 0.2) is 0 Å². The molecule has 0 heterocycles. The molecule has 0 saturated carbocycles. The van der Waals surface area contributed by atoms with Gasteiger partial charge in [0.25, 0.3) is 0 Å². The van der Waals surface area contributed by atoms with Crippen molar-refractivity contribution in [2.75, 3.05) is 11.9 Å². The van der Waals surface area contributed by atoms with Gasteiger partial charge in [-0.1, -0.05) is 0 Å². The summed E-state index contributed by atoms with van der Waals surface area (Å²) in [4.78, 5) is 2.12. The van der Waals surface area contributed by atoms with Crippen LogP contribution in [0.5, 0.6) is 0 Å². The molecular weight excluding hydrogens is 391 g/mol. The molecule has 0 bridgehead atoms. The van der Waals surface area contributed by atoms with Crippen molar-refractivity contribution in [2.45, 2.75) is 12.8 Å². The molecule has 0 unspecified atom stereocenters.